The van der Waals surface area contributed by atoms with E-state index in [1.807, 2.05) is 137 Å². The van der Waals surface area contributed by atoms with Gasteiger partial charge in [-0.2, -0.15) is 0 Å². The normalized spacial score (nSPS) is 12.9. The molecular formula is C94H223N7O33Si11. The molecule has 0 aliphatic rings. The molecule has 0 saturated carbocycles. The lowest BCUT2D eigenvalue weighted by atomic mass is 10.3. The third-order valence-corrected chi connectivity index (χ3v) is 56.5. The van der Waals surface area contributed by atoms with Gasteiger partial charge in [-0.05, 0) is 267 Å². The Labute approximate surface area is 897 Å². The number of hydrogen-bond donors (Lipinski definition) is 2. The van der Waals surface area contributed by atoms with E-state index in [2.05, 4.69) is 37.7 Å². The van der Waals surface area contributed by atoms with Gasteiger partial charge in [-0.15, -0.1) is 13.2 Å². The lowest BCUT2D eigenvalue weighted by molar-refractivity contribution is 0.0676. The first-order valence-electron chi connectivity index (χ1n) is 53.9. The molecule has 876 valence electrons. The molecule has 0 aromatic heterocycles. The van der Waals surface area contributed by atoms with E-state index in [1.165, 1.54) is 0 Å². The molecule has 0 bridgehead atoms. The maximum absolute atomic E-state index is 6.09. The van der Waals surface area contributed by atoms with Gasteiger partial charge in [0.1, 0.15) is 0 Å². The van der Waals surface area contributed by atoms with Crippen molar-refractivity contribution in [2.45, 2.75) is 262 Å². The Hall–Kier alpha value is 0.266. The first kappa shape index (κ1) is 154. The van der Waals surface area contributed by atoms with E-state index in [4.69, 9.17) is 158 Å². The van der Waals surface area contributed by atoms with Gasteiger partial charge in [0.25, 0.3) is 0 Å². The summed E-state index contributed by atoms with van der Waals surface area (Å²) in [6, 6.07) is 8.78. The first-order chi connectivity index (χ1) is 69.8. The molecule has 0 spiro atoms. The molecule has 0 atom stereocenters. The van der Waals surface area contributed by atoms with Crippen molar-refractivity contribution in [2.75, 3.05) is 337 Å². The predicted octanol–water partition coefficient (Wildman–Crippen LogP) is 14.7. The van der Waals surface area contributed by atoms with Gasteiger partial charge in [-0.3, -0.25) is 9.80 Å². The summed E-state index contributed by atoms with van der Waals surface area (Å²) < 4.78 is 190. The smallest absolute Gasteiger partial charge is 0.377 e. The van der Waals surface area contributed by atoms with E-state index in [9.17, 15) is 0 Å². The molecule has 51 heteroatoms. The molecule has 0 rings (SSSR count). The molecule has 145 heavy (non-hydrogen) atoms. The van der Waals surface area contributed by atoms with E-state index in [0.717, 1.165) is 235 Å². The highest BCUT2D eigenvalue weighted by atomic mass is 28.4. The minimum absolute atomic E-state index is 0.591. The Kier molecular flexibility index (Phi) is 105. The molecule has 0 aromatic carbocycles. The van der Waals surface area contributed by atoms with Crippen LogP contribution in [0.5, 0.6) is 0 Å². The third kappa shape index (κ3) is 68.6. The summed E-state index contributed by atoms with van der Waals surface area (Å²) in [6.07, 6.45) is 14.2. The van der Waals surface area contributed by atoms with Crippen molar-refractivity contribution in [3.05, 3.63) is 25.3 Å². The molecule has 0 radical (unpaired) electrons. The number of rotatable bonds is 103. The van der Waals surface area contributed by atoms with Crippen LogP contribution in [0.2, 0.25) is 66.5 Å². The van der Waals surface area contributed by atoms with Crippen molar-refractivity contribution in [3.8, 4) is 0 Å². The van der Waals surface area contributed by atoms with Crippen LogP contribution in [-0.2, 0) is 146 Å². The van der Waals surface area contributed by atoms with Gasteiger partial charge >= 0.3 is 96.8 Å². The fourth-order valence-electron chi connectivity index (χ4n) is 16.8. The molecule has 0 saturated heterocycles. The van der Waals surface area contributed by atoms with Crippen LogP contribution in [0.25, 0.3) is 0 Å². The zero-order chi connectivity index (χ0) is 110. The van der Waals surface area contributed by atoms with Crippen LogP contribution in [0.15, 0.2) is 25.3 Å². The van der Waals surface area contributed by atoms with Crippen LogP contribution in [0, 0.1) is 0 Å². The number of nitrogens with zero attached hydrogens (tertiary/aromatic N) is 5. The maximum Gasteiger partial charge on any atom is 0.500 e. The van der Waals surface area contributed by atoms with E-state index in [1.54, 1.807) is 107 Å². The lowest BCUT2D eigenvalue weighted by Gasteiger charge is -2.32. The van der Waals surface area contributed by atoms with Crippen LogP contribution < -0.4 is 11.5 Å². The third-order valence-electron chi connectivity index (χ3n) is 23.4. The predicted molar refractivity (Wildman–Crippen MR) is 602 cm³/mol. The highest BCUT2D eigenvalue weighted by molar-refractivity contribution is 6.64. The summed E-state index contributed by atoms with van der Waals surface area (Å²) in [4.78, 5) is 11.9. The molecule has 0 heterocycles. The average Bonchev–Trinajstić information content (AvgIpc) is 0.852. The molecule has 0 aliphatic carbocycles. The van der Waals surface area contributed by atoms with Crippen molar-refractivity contribution in [2.24, 2.45) is 11.5 Å². The maximum atomic E-state index is 6.09. The van der Waals surface area contributed by atoms with Gasteiger partial charge < -0.3 is 172 Å². The first-order valence-corrected chi connectivity index (χ1v) is 75.1. The van der Waals surface area contributed by atoms with Gasteiger partial charge in [0.2, 0.25) is 0 Å². The minimum Gasteiger partial charge on any atom is -0.377 e. The van der Waals surface area contributed by atoms with Gasteiger partial charge in [0, 0.05) is 331 Å². The van der Waals surface area contributed by atoms with Gasteiger partial charge in [-0.25, -0.2) is 0 Å². The van der Waals surface area contributed by atoms with E-state index >= 15 is 0 Å². The molecule has 0 aliphatic heterocycles. The van der Waals surface area contributed by atoms with Crippen molar-refractivity contribution in [1.82, 2.24) is 24.5 Å². The Morgan fingerprint density at radius 3 is 0.372 bits per heavy atom. The van der Waals surface area contributed by atoms with Gasteiger partial charge in [0.15, 0.2) is 0 Å². The number of hydrogen-bond acceptors (Lipinski definition) is 40. The van der Waals surface area contributed by atoms with Crippen molar-refractivity contribution in [3.63, 3.8) is 0 Å². The minimum atomic E-state index is -2.68. The van der Waals surface area contributed by atoms with Crippen LogP contribution in [0.1, 0.15) is 195 Å². The molecule has 0 fully saturated rings. The van der Waals surface area contributed by atoms with E-state index < -0.39 is 96.8 Å². The monoisotopic (exact) mass is 2290 g/mol. The molecule has 0 unspecified atom stereocenters. The Bertz CT molecular complexity index is 2530. The van der Waals surface area contributed by atoms with Gasteiger partial charge in [-0.1, -0.05) is 12.2 Å². The summed E-state index contributed by atoms with van der Waals surface area (Å²) in [5.41, 5.74) is 11.6. The number of nitrogens with two attached hydrogens (primary N) is 2. The van der Waals surface area contributed by atoms with Crippen molar-refractivity contribution >= 4 is 96.8 Å². The second-order valence-corrected chi connectivity index (χ2v) is 64.6. The van der Waals surface area contributed by atoms with Crippen LogP contribution in [0.4, 0.5) is 0 Å². The Balaban J connectivity index is -0.000000571. The molecule has 0 aromatic rings. The Morgan fingerprint density at radius 2 is 0.262 bits per heavy atom. The molecule has 40 nitrogen and oxygen atoms in total. The lowest BCUT2D eigenvalue weighted by Crippen LogP contribution is -2.47. The molecule has 4 N–H and O–H groups in total. The van der Waals surface area contributed by atoms with Crippen LogP contribution in [-0.4, -0.2) is 458 Å². The zero-order valence-electron chi connectivity index (χ0n) is 98.2. The van der Waals surface area contributed by atoms with Crippen molar-refractivity contribution < 1.29 is 146 Å². The topological polar surface area (TPSA) is 373 Å². The quantitative estimate of drug-likeness (QED) is 0.0422. The summed E-state index contributed by atoms with van der Waals surface area (Å²) >= 11 is 0. The largest absolute Gasteiger partial charge is 0.500 e. The highest BCUT2D eigenvalue weighted by Gasteiger charge is 2.48. The van der Waals surface area contributed by atoms with E-state index in [-0.39, 0.29) is 0 Å². The summed E-state index contributed by atoms with van der Waals surface area (Å²) in [5.74, 6) is 0. The highest BCUT2D eigenvalue weighted by Crippen LogP contribution is 2.29. The summed E-state index contributed by atoms with van der Waals surface area (Å²) in [6.45, 7) is 69.2. The molecular weight excluding hydrogens is 2060 g/mol. The molecule has 0 amide bonds. The fraction of sp³-hybridized carbons (Fsp3) is 0.957. The van der Waals surface area contributed by atoms with Crippen molar-refractivity contribution in [1.29, 1.82) is 0 Å². The van der Waals surface area contributed by atoms with Crippen LogP contribution in [0.3, 0.4) is 0 Å². The summed E-state index contributed by atoms with van der Waals surface area (Å²) in [5, 5.41) is 0. The SMILES string of the molecule is C=CCN(CCC[Si](OC)(OC)OC)CCC[Si](OC)(OC)OC.C=CCN(CCC[Si](OC)(OCC)OCC)CCC[Si](OC)(OCC)OCC.CCO[Si](CCCN(CCC[Si](OCC)(OCC)OCC)CCC[Si](OCC)(OCC)OCC)(OCC)OCC.CCO[Si](CCCN(CCN)CCC[Si](OCC)(OCC)OCC)(OC)OCC.CO[Si](CCCN(CCN)CCC[Si](OC)(OC)OC)(OC)OC. The fourth-order valence-corrected chi connectivity index (χ4v) is 40.8. The zero-order valence-corrected chi connectivity index (χ0v) is 109. The van der Waals surface area contributed by atoms with E-state index in [0.29, 0.717) is 132 Å². The second kappa shape index (κ2) is 98.6. The van der Waals surface area contributed by atoms with Crippen LogP contribution >= 0.6 is 0 Å². The second-order valence-electron chi connectivity index (χ2n) is 32.8. The Morgan fingerprint density at radius 1 is 0.159 bits per heavy atom. The average molecular weight is 2290 g/mol. The summed E-state index contributed by atoms with van der Waals surface area (Å²) in [7, 11) is -3.50. The van der Waals surface area contributed by atoms with Gasteiger partial charge in [0.05, 0.1) is 0 Å². The standard InChI is InChI=1S/C27H63NO9Si3.C19H46N2O6Si2.C19H43NO6Si2.C15H35NO6Si2.C14H36N2O6Si2/c1-10-29-38(30-11-2,31-12-3)25-19-22-28(23-20-26-39(32-13-4,33-14-5)34-15-6)24-21-27-40(35-16-7,36-17-8)37-18-9;1-7-23-28(22-6,24-8-2)18-12-15-21(17-14-20)16-13-19-29(25-9-3,26-10-4)27-11-5;1-8-15-20(16-13-18-27(21-6,23-9-2)24-10-3)17-14-19-28(22-7,25-11-4)26-12-5;1-8-11-16(12-9-14-23(17-2,18-3)19-4)13-10-15-24(20-5,21-6)22-7;1-17-23(18-2,19-3)13-7-10-16(12-9-15)11-8-14-24(20-4,21-5)22-6/h10-27H2,1-9H3;7-20H2,1-6H3;8H,1,9-19H2,2-7H3;8H,1,9-15H2,2-7H3;7-15H2,1-6H3.